The van der Waals surface area contributed by atoms with Crippen LogP contribution in [0.25, 0.3) is 0 Å². The molecular formula is C17H17N3O3S. The van der Waals surface area contributed by atoms with E-state index in [1.54, 1.807) is 31.3 Å². The molecule has 1 aliphatic heterocycles. The zero-order valence-electron chi connectivity index (χ0n) is 13.7. The first kappa shape index (κ1) is 16.3. The SMILES string of the molecule is Cc1nc(N(C)C(=O)CCN2C(=O)c3ccccc3C2=O)sc1C. The number of imide groups is 1. The fourth-order valence-corrected chi connectivity index (χ4v) is 3.41. The van der Waals surface area contributed by atoms with E-state index >= 15 is 0 Å². The lowest BCUT2D eigenvalue weighted by Gasteiger charge is -2.17. The number of aromatic nitrogens is 1. The minimum absolute atomic E-state index is 0.0683. The highest BCUT2D eigenvalue weighted by Gasteiger charge is 2.35. The Balaban J connectivity index is 1.67. The molecule has 0 N–H and O–H groups in total. The van der Waals surface area contributed by atoms with Gasteiger partial charge in [-0.15, -0.1) is 11.3 Å². The number of hydrogen-bond acceptors (Lipinski definition) is 5. The fraction of sp³-hybridized carbons (Fsp3) is 0.294. The van der Waals surface area contributed by atoms with Gasteiger partial charge in [-0.05, 0) is 26.0 Å². The molecule has 0 aliphatic carbocycles. The van der Waals surface area contributed by atoms with Crippen LogP contribution in [0.1, 0.15) is 37.7 Å². The molecule has 2 heterocycles. The molecule has 7 heteroatoms. The van der Waals surface area contributed by atoms with E-state index < -0.39 is 0 Å². The van der Waals surface area contributed by atoms with E-state index in [2.05, 4.69) is 4.98 Å². The van der Waals surface area contributed by atoms with Gasteiger partial charge < -0.3 is 0 Å². The molecule has 1 aromatic carbocycles. The summed E-state index contributed by atoms with van der Waals surface area (Å²) in [5.74, 6) is -0.862. The van der Waals surface area contributed by atoms with Gasteiger partial charge in [-0.25, -0.2) is 4.98 Å². The van der Waals surface area contributed by atoms with Crippen LogP contribution in [0.4, 0.5) is 5.13 Å². The molecule has 3 amide bonds. The molecule has 3 rings (SSSR count). The Morgan fingerprint density at radius 3 is 2.25 bits per heavy atom. The quantitative estimate of drug-likeness (QED) is 0.799. The van der Waals surface area contributed by atoms with E-state index in [1.165, 1.54) is 16.2 Å². The van der Waals surface area contributed by atoms with Crippen molar-refractivity contribution in [3.8, 4) is 0 Å². The summed E-state index contributed by atoms with van der Waals surface area (Å²) < 4.78 is 0. The Labute approximate surface area is 143 Å². The van der Waals surface area contributed by atoms with Crippen LogP contribution in [0.5, 0.6) is 0 Å². The minimum atomic E-state index is -0.341. The maximum absolute atomic E-state index is 12.4. The highest BCUT2D eigenvalue weighted by atomic mass is 32.1. The third-order valence-corrected chi connectivity index (χ3v) is 5.26. The second kappa shape index (κ2) is 6.16. The Morgan fingerprint density at radius 1 is 1.17 bits per heavy atom. The van der Waals surface area contributed by atoms with Crippen molar-refractivity contribution in [2.75, 3.05) is 18.5 Å². The van der Waals surface area contributed by atoms with Crippen molar-refractivity contribution in [3.63, 3.8) is 0 Å². The predicted molar refractivity (Wildman–Crippen MR) is 91.4 cm³/mol. The summed E-state index contributed by atoms with van der Waals surface area (Å²) in [6.07, 6.45) is 0.0691. The average molecular weight is 343 g/mol. The molecule has 0 saturated heterocycles. The standard InChI is InChI=1S/C17H17N3O3S/c1-10-11(2)24-17(18-10)19(3)14(21)8-9-20-15(22)12-6-4-5-7-13(12)16(20)23/h4-7H,8-9H2,1-3H3. The van der Waals surface area contributed by atoms with E-state index in [9.17, 15) is 14.4 Å². The molecule has 6 nitrogen and oxygen atoms in total. The molecule has 0 spiro atoms. The number of fused-ring (bicyclic) bond motifs is 1. The second-order valence-electron chi connectivity index (χ2n) is 5.65. The molecule has 0 radical (unpaired) electrons. The molecular weight excluding hydrogens is 326 g/mol. The summed E-state index contributed by atoms with van der Waals surface area (Å²) in [6, 6.07) is 6.70. The molecule has 0 unspecified atom stereocenters. The number of benzene rings is 1. The van der Waals surface area contributed by atoms with Crippen molar-refractivity contribution in [1.29, 1.82) is 0 Å². The molecule has 0 fully saturated rings. The zero-order chi connectivity index (χ0) is 17.4. The highest BCUT2D eigenvalue weighted by Crippen LogP contribution is 2.25. The van der Waals surface area contributed by atoms with E-state index in [-0.39, 0.29) is 30.7 Å². The molecule has 1 aliphatic rings. The van der Waals surface area contributed by atoms with Gasteiger partial charge in [-0.1, -0.05) is 12.1 Å². The minimum Gasteiger partial charge on any atom is -0.291 e. The van der Waals surface area contributed by atoms with Gasteiger partial charge in [0.05, 0.1) is 16.8 Å². The van der Waals surface area contributed by atoms with Crippen molar-refractivity contribution in [3.05, 3.63) is 46.0 Å². The Morgan fingerprint density at radius 2 is 1.75 bits per heavy atom. The maximum Gasteiger partial charge on any atom is 0.261 e. The van der Waals surface area contributed by atoms with Gasteiger partial charge in [0.25, 0.3) is 11.8 Å². The van der Waals surface area contributed by atoms with Gasteiger partial charge in [0, 0.05) is 24.9 Å². The summed E-state index contributed by atoms with van der Waals surface area (Å²) in [7, 11) is 1.66. The number of thiazole rings is 1. The monoisotopic (exact) mass is 343 g/mol. The number of carbonyl (C=O) groups is 3. The number of nitrogens with zero attached hydrogens (tertiary/aromatic N) is 3. The Kier molecular flexibility index (Phi) is 4.19. The topological polar surface area (TPSA) is 70.6 Å². The van der Waals surface area contributed by atoms with E-state index in [0.717, 1.165) is 15.5 Å². The molecule has 24 heavy (non-hydrogen) atoms. The highest BCUT2D eigenvalue weighted by molar-refractivity contribution is 7.15. The van der Waals surface area contributed by atoms with Crippen LogP contribution < -0.4 is 4.90 Å². The van der Waals surface area contributed by atoms with Crippen molar-refractivity contribution in [2.45, 2.75) is 20.3 Å². The number of amides is 3. The number of aryl methyl sites for hydroxylation is 2. The third-order valence-electron chi connectivity index (χ3n) is 4.11. The zero-order valence-corrected chi connectivity index (χ0v) is 14.5. The lowest BCUT2D eigenvalue weighted by atomic mass is 10.1. The Hall–Kier alpha value is -2.54. The number of rotatable bonds is 4. The van der Waals surface area contributed by atoms with Crippen molar-refractivity contribution >= 4 is 34.2 Å². The first-order valence-corrected chi connectivity index (χ1v) is 8.37. The van der Waals surface area contributed by atoms with E-state index in [1.807, 2.05) is 13.8 Å². The van der Waals surface area contributed by atoms with Crippen LogP contribution in [-0.4, -0.2) is 41.2 Å². The van der Waals surface area contributed by atoms with Gasteiger partial charge in [0.2, 0.25) is 5.91 Å². The molecule has 0 atom stereocenters. The average Bonchev–Trinajstić information content (AvgIpc) is 3.03. The van der Waals surface area contributed by atoms with E-state index in [4.69, 9.17) is 0 Å². The first-order chi connectivity index (χ1) is 11.4. The summed E-state index contributed by atoms with van der Waals surface area (Å²) in [6.45, 7) is 3.92. The van der Waals surface area contributed by atoms with Gasteiger partial charge in [0.15, 0.2) is 5.13 Å². The Bertz CT molecular complexity index is 789. The van der Waals surface area contributed by atoms with Crippen LogP contribution in [0.3, 0.4) is 0 Å². The summed E-state index contributed by atoms with van der Waals surface area (Å²) in [5, 5.41) is 0.623. The van der Waals surface area contributed by atoms with Gasteiger partial charge in [-0.2, -0.15) is 0 Å². The number of hydrogen-bond donors (Lipinski definition) is 0. The smallest absolute Gasteiger partial charge is 0.261 e. The number of carbonyl (C=O) groups excluding carboxylic acids is 3. The predicted octanol–water partition coefficient (Wildman–Crippen LogP) is 2.41. The normalized spacial score (nSPS) is 13.4. The summed E-state index contributed by atoms with van der Waals surface area (Å²) in [5.41, 5.74) is 1.69. The van der Waals surface area contributed by atoms with Crippen molar-refractivity contribution in [2.24, 2.45) is 0 Å². The second-order valence-corrected chi connectivity index (χ2v) is 6.83. The van der Waals surface area contributed by atoms with Crippen LogP contribution in [0.15, 0.2) is 24.3 Å². The maximum atomic E-state index is 12.4. The van der Waals surface area contributed by atoms with Gasteiger partial charge in [0.1, 0.15) is 0 Å². The van der Waals surface area contributed by atoms with E-state index in [0.29, 0.717) is 16.3 Å². The molecule has 2 aromatic rings. The fourth-order valence-electron chi connectivity index (χ4n) is 2.52. The third kappa shape index (κ3) is 2.71. The first-order valence-electron chi connectivity index (χ1n) is 7.56. The summed E-state index contributed by atoms with van der Waals surface area (Å²) in [4.78, 5) is 44.9. The van der Waals surface area contributed by atoms with Crippen LogP contribution in [-0.2, 0) is 4.79 Å². The van der Waals surface area contributed by atoms with Crippen molar-refractivity contribution < 1.29 is 14.4 Å². The largest absolute Gasteiger partial charge is 0.291 e. The molecule has 0 bridgehead atoms. The number of anilines is 1. The van der Waals surface area contributed by atoms with Gasteiger partial charge in [-0.3, -0.25) is 24.2 Å². The molecule has 1 aromatic heterocycles. The molecule has 124 valence electrons. The van der Waals surface area contributed by atoms with Gasteiger partial charge >= 0.3 is 0 Å². The summed E-state index contributed by atoms with van der Waals surface area (Å²) >= 11 is 1.45. The van der Waals surface area contributed by atoms with Crippen molar-refractivity contribution in [1.82, 2.24) is 9.88 Å². The van der Waals surface area contributed by atoms with Crippen LogP contribution in [0, 0.1) is 13.8 Å². The lowest BCUT2D eigenvalue weighted by molar-refractivity contribution is -0.118. The molecule has 0 saturated carbocycles. The lowest BCUT2D eigenvalue weighted by Crippen LogP contribution is -2.35. The van der Waals surface area contributed by atoms with Crippen LogP contribution in [0.2, 0.25) is 0 Å². The van der Waals surface area contributed by atoms with Crippen LogP contribution >= 0.6 is 11.3 Å².